The zero-order valence-corrected chi connectivity index (χ0v) is 27.3. The van der Waals surface area contributed by atoms with Gasteiger partial charge in [0.05, 0.1) is 46.4 Å². The van der Waals surface area contributed by atoms with Gasteiger partial charge in [0, 0.05) is 65.1 Å². The van der Waals surface area contributed by atoms with E-state index in [-0.39, 0.29) is 53.1 Å². The zero-order chi connectivity index (χ0) is 33.9. The first-order chi connectivity index (χ1) is 23.1. The molecular formula is C35H32F3N5O4S. The number of aliphatic hydroxyl groups is 1. The molecule has 1 N–H and O–H groups in total. The van der Waals surface area contributed by atoms with Gasteiger partial charge in [0.15, 0.2) is 0 Å². The van der Waals surface area contributed by atoms with E-state index in [0.717, 1.165) is 29.2 Å². The summed E-state index contributed by atoms with van der Waals surface area (Å²) in [5, 5.41) is 16.9. The molecule has 1 aliphatic carbocycles. The Morgan fingerprint density at radius 2 is 1.94 bits per heavy atom. The number of halogens is 3. The van der Waals surface area contributed by atoms with Crippen LogP contribution < -0.4 is 4.74 Å². The van der Waals surface area contributed by atoms with E-state index in [1.54, 1.807) is 21.8 Å². The predicted molar refractivity (Wildman–Crippen MR) is 175 cm³/mol. The van der Waals surface area contributed by atoms with Crippen LogP contribution in [0, 0.1) is 17.5 Å². The van der Waals surface area contributed by atoms with Crippen LogP contribution in [0.3, 0.4) is 0 Å². The number of methoxy groups -OCH3 is 1. The average molecular weight is 676 g/mol. The van der Waals surface area contributed by atoms with Gasteiger partial charge in [-0.05, 0) is 44.9 Å². The lowest BCUT2D eigenvalue weighted by Gasteiger charge is -2.36. The molecule has 7 rings (SSSR count). The molecule has 0 spiro atoms. The summed E-state index contributed by atoms with van der Waals surface area (Å²) in [7, 11) is 1.47. The Morgan fingerprint density at radius 3 is 2.71 bits per heavy atom. The SMILES string of the molecule is C=CC(=O)N1C[C@H](C)n2nc(-c3nc(-c4cnc5c(c4)[C@H](O)CC5)c4scc(F)c4c3-c3c(F)cc(F)cc3OCCOC)cc2[C@H]1C. The number of aliphatic hydroxyl groups excluding tert-OH is 1. The Morgan fingerprint density at radius 1 is 1.12 bits per heavy atom. The number of pyridine rings is 2. The van der Waals surface area contributed by atoms with E-state index in [2.05, 4.69) is 11.6 Å². The van der Waals surface area contributed by atoms with Crippen molar-refractivity contribution < 1.29 is 32.5 Å². The van der Waals surface area contributed by atoms with E-state index in [4.69, 9.17) is 19.6 Å². The Labute approximate surface area is 278 Å². The molecule has 3 atom stereocenters. The first-order valence-electron chi connectivity index (χ1n) is 15.5. The zero-order valence-electron chi connectivity index (χ0n) is 26.5. The minimum Gasteiger partial charge on any atom is -0.490 e. The standard InChI is InChI=1S/C35H32F3N5O4S/c1-5-29(45)42-15-17(2)43-26(18(42)3)13-25(41-43)34-32(30-22(37)11-20(36)12-28(30)47-9-8-46-4)31-23(38)16-48-35(31)33(40-34)19-10-21-24(39-14-19)6-7-27(21)44/h5,10-14,16-18,27,44H,1,6-9,15H2,2-4H3/t17-,18+,27+/m0/s1. The number of fused-ring (bicyclic) bond motifs is 3. The summed E-state index contributed by atoms with van der Waals surface area (Å²) in [5.74, 6) is -2.86. The summed E-state index contributed by atoms with van der Waals surface area (Å²) < 4.78 is 60.0. The van der Waals surface area contributed by atoms with Crippen molar-refractivity contribution in [3.05, 3.63) is 82.9 Å². The van der Waals surface area contributed by atoms with Crippen LogP contribution in [0.15, 0.2) is 48.5 Å². The number of nitrogens with zero attached hydrogens (tertiary/aromatic N) is 5. The van der Waals surface area contributed by atoms with Crippen molar-refractivity contribution in [2.24, 2.45) is 0 Å². The Hall–Kier alpha value is -4.59. The second-order valence-electron chi connectivity index (χ2n) is 12.0. The minimum atomic E-state index is -0.971. The number of aromatic nitrogens is 4. The fourth-order valence-corrected chi connectivity index (χ4v) is 7.61. The topological polar surface area (TPSA) is 103 Å². The first-order valence-corrected chi connectivity index (χ1v) is 16.4. The summed E-state index contributed by atoms with van der Waals surface area (Å²) in [6.07, 6.45) is 3.39. The van der Waals surface area contributed by atoms with E-state index >= 15 is 8.78 Å². The van der Waals surface area contributed by atoms with Gasteiger partial charge in [0.2, 0.25) is 5.91 Å². The fraction of sp³-hybridized carbons (Fsp3) is 0.314. The highest BCUT2D eigenvalue weighted by Gasteiger charge is 2.35. The molecule has 0 fully saturated rings. The molecule has 2 aliphatic rings. The molecule has 1 aromatic carbocycles. The number of ether oxygens (including phenoxy) is 2. The van der Waals surface area contributed by atoms with Gasteiger partial charge in [-0.3, -0.25) is 14.5 Å². The summed E-state index contributed by atoms with van der Waals surface area (Å²) in [4.78, 5) is 24.0. The molecule has 1 aliphatic heterocycles. The molecule has 0 saturated heterocycles. The maximum atomic E-state index is 16.1. The number of carbonyl (C=O) groups is 1. The highest BCUT2D eigenvalue weighted by atomic mass is 32.1. The number of carbonyl (C=O) groups excluding carboxylic acids is 1. The summed E-state index contributed by atoms with van der Waals surface area (Å²) >= 11 is 1.09. The quantitative estimate of drug-likeness (QED) is 0.140. The minimum absolute atomic E-state index is 0.0212. The number of amides is 1. The maximum Gasteiger partial charge on any atom is 0.246 e. The number of benzene rings is 1. The molecule has 0 bridgehead atoms. The lowest BCUT2D eigenvalue weighted by atomic mass is 9.94. The van der Waals surface area contributed by atoms with Crippen molar-refractivity contribution in [1.29, 1.82) is 0 Å². The van der Waals surface area contributed by atoms with Crippen molar-refractivity contribution in [1.82, 2.24) is 24.6 Å². The van der Waals surface area contributed by atoms with Crippen LogP contribution in [0.1, 0.15) is 55.4 Å². The number of rotatable bonds is 8. The third-order valence-corrected chi connectivity index (χ3v) is 9.97. The second kappa shape index (κ2) is 12.5. The van der Waals surface area contributed by atoms with Crippen molar-refractivity contribution in [2.75, 3.05) is 26.9 Å². The van der Waals surface area contributed by atoms with Gasteiger partial charge in [-0.1, -0.05) is 6.58 Å². The summed E-state index contributed by atoms with van der Waals surface area (Å²) in [6.45, 7) is 7.92. The van der Waals surface area contributed by atoms with Crippen molar-refractivity contribution in [2.45, 2.75) is 44.9 Å². The highest BCUT2D eigenvalue weighted by molar-refractivity contribution is 7.17. The molecule has 0 unspecified atom stereocenters. The molecule has 5 heterocycles. The van der Waals surface area contributed by atoms with E-state index in [1.165, 1.54) is 18.6 Å². The monoisotopic (exact) mass is 675 g/mol. The van der Waals surface area contributed by atoms with Crippen LogP contribution >= 0.6 is 11.3 Å². The van der Waals surface area contributed by atoms with E-state index < -0.39 is 29.6 Å². The van der Waals surface area contributed by atoms with Gasteiger partial charge in [-0.25, -0.2) is 18.2 Å². The molecule has 48 heavy (non-hydrogen) atoms. The smallest absolute Gasteiger partial charge is 0.246 e. The predicted octanol–water partition coefficient (Wildman–Crippen LogP) is 6.96. The van der Waals surface area contributed by atoms with Crippen molar-refractivity contribution in [3.8, 4) is 39.5 Å². The molecule has 1 amide bonds. The third-order valence-electron chi connectivity index (χ3n) is 9.02. The van der Waals surface area contributed by atoms with Crippen LogP contribution in [-0.2, 0) is 16.0 Å². The highest BCUT2D eigenvalue weighted by Crippen LogP contribution is 2.49. The van der Waals surface area contributed by atoms with Gasteiger partial charge in [0.25, 0.3) is 0 Å². The fourth-order valence-electron chi connectivity index (χ4n) is 6.68. The van der Waals surface area contributed by atoms with Crippen LogP contribution in [0.5, 0.6) is 5.75 Å². The first kappa shape index (κ1) is 32.0. The van der Waals surface area contributed by atoms with Crippen LogP contribution in [-0.4, -0.2) is 62.5 Å². The van der Waals surface area contributed by atoms with Gasteiger partial charge >= 0.3 is 0 Å². The number of hydrogen-bond acceptors (Lipinski definition) is 8. The molecule has 248 valence electrons. The van der Waals surface area contributed by atoms with Crippen molar-refractivity contribution >= 4 is 27.3 Å². The molecule has 0 radical (unpaired) electrons. The largest absolute Gasteiger partial charge is 0.490 e. The van der Waals surface area contributed by atoms with Crippen LogP contribution in [0.25, 0.3) is 43.9 Å². The summed E-state index contributed by atoms with van der Waals surface area (Å²) in [6, 6.07) is 4.70. The van der Waals surface area contributed by atoms with Gasteiger partial charge < -0.3 is 19.5 Å². The molecule has 9 nitrogen and oxygen atoms in total. The Bertz CT molecular complexity index is 2100. The van der Waals surface area contributed by atoms with E-state index in [9.17, 15) is 14.3 Å². The van der Waals surface area contributed by atoms with Crippen molar-refractivity contribution in [3.63, 3.8) is 0 Å². The van der Waals surface area contributed by atoms with Crippen LogP contribution in [0.4, 0.5) is 13.2 Å². The summed E-state index contributed by atoms with van der Waals surface area (Å²) in [5.41, 5.74) is 3.34. The third kappa shape index (κ3) is 5.26. The van der Waals surface area contributed by atoms with Gasteiger partial charge in [-0.2, -0.15) is 5.10 Å². The second-order valence-corrected chi connectivity index (χ2v) is 12.9. The maximum absolute atomic E-state index is 16.1. The molecule has 13 heteroatoms. The van der Waals surface area contributed by atoms with Gasteiger partial charge in [-0.15, -0.1) is 11.3 Å². The lowest BCUT2D eigenvalue weighted by Crippen LogP contribution is -2.42. The molecule has 4 aromatic heterocycles. The molecule has 5 aromatic rings. The Kier molecular flexibility index (Phi) is 8.30. The Balaban J connectivity index is 1.53. The number of hydrogen-bond donors (Lipinski definition) is 1. The normalized spacial score (nSPS) is 18.6. The average Bonchev–Trinajstić information content (AvgIpc) is 3.79. The molecular weight excluding hydrogens is 643 g/mol. The number of aryl methyl sites for hydroxylation is 1. The lowest BCUT2D eigenvalue weighted by molar-refractivity contribution is -0.129. The van der Waals surface area contributed by atoms with E-state index in [0.29, 0.717) is 52.3 Å². The van der Waals surface area contributed by atoms with Gasteiger partial charge in [0.1, 0.15) is 41.2 Å². The van der Waals surface area contributed by atoms with Crippen LogP contribution in [0.2, 0.25) is 0 Å². The molecule has 0 saturated carbocycles. The van der Waals surface area contributed by atoms with E-state index in [1.807, 2.05) is 19.9 Å². The number of thiophene rings is 1.